The first-order valence-corrected chi connectivity index (χ1v) is 12.0. The largest absolute Gasteiger partial charge is 0.508 e. The Morgan fingerprint density at radius 3 is 1.35 bits per heavy atom. The number of esters is 2. The second kappa shape index (κ2) is 11.9. The molecule has 0 aliphatic rings. The lowest BCUT2D eigenvalue weighted by Gasteiger charge is -2.13. The quantitative estimate of drug-likeness (QED) is 0.258. The van der Waals surface area contributed by atoms with E-state index in [0.717, 1.165) is 22.3 Å². The zero-order chi connectivity index (χ0) is 26.2. The van der Waals surface area contributed by atoms with E-state index in [-0.39, 0.29) is 30.6 Å². The number of hydrogen-bond acceptors (Lipinski definition) is 6. The number of ether oxygens (including phenoxy) is 2. The summed E-state index contributed by atoms with van der Waals surface area (Å²) in [5, 5.41) is 18.8. The van der Waals surface area contributed by atoms with Crippen molar-refractivity contribution in [2.75, 3.05) is 13.2 Å². The van der Waals surface area contributed by atoms with Crippen LogP contribution in [0.2, 0.25) is 0 Å². The van der Waals surface area contributed by atoms with E-state index >= 15 is 0 Å². The van der Waals surface area contributed by atoms with Gasteiger partial charge in [-0.2, -0.15) is 0 Å². The summed E-state index contributed by atoms with van der Waals surface area (Å²) in [5.41, 5.74) is 4.65. The van der Waals surface area contributed by atoms with Crippen LogP contribution in [-0.2, 0) is 9.47 Å². The summed E-state index contributed by atoms with van der Waals surface area (Å²) in [4.78, 5) is 24.8. The third-order valence-corrected chi connectivity index (χ3v) is 5.99. The van der Waals surface area contributed by atoms with Crippen molar-refractivity contribution in [3.63, 3.8) is 0 Å². The maximum atomic E-state index is 12.4. The molecule has 6 nitrogen and oxygen atoms in total. The van der Waals surface area contributed by atoms with E-state index in [1.54, 1.807) is 48.5 Å². The van der Waals surface area contributed by atoms with Crippen molar-refractivity contribution < 1.29 is 29.3 Å². The number of carbonyl (C=O) groups excluding carboxylic acids is 2. The highest BCUT2D eigenvalue weighted by Gasteiger charge is 2.13. The zero-order valence-electron chi connectivity index (χ0n) is 20.5. The molecule has 0 aliphatic heterocycles. The number of carbonyl (C=O) groups is 2. The molecule has 0 heterocycles. The highest BCUT2D eigenvalue weighted by Crippen LogP contribution is 2.24. The van der Waals surface area contributed by atoms with Crippen molar-refractivity contribution in [3.05, 3.63) is 108 Å². The molecule has 0 saturated carbocycles. The van der Waals surface area contributed by atoms with Crippen molar-refractivity contribution in [2.45, 2.75) is 13.3 Å². The maximum Gasteiger partial charge on any atom is 0.338 e. The summed E-state index contributed by atoms with van der Waals surface area (Å²) >= 11 is 0. The van der Waals surface area contributed by atoms with E-state index in [4.69, 9.17) is 9.47 Å². The van der Waals surface area contributed by atoms with E-state index in [2.05, 4.69) is 0 Å². The van der Waals surface area contributed by atoms with Gasteiger partial charge >= 0.3 is 11.9 Å². The summed E-state index contributed by atoms with van der Waals surface area (Å²) in [5.74, 6) is -0.392. The minimum Gasteiger partial charge on any atom is -0.508 e. The summed E-state index contributed by atoms with van der Waals surface area (Å²) in [6, 6.07) is 27.9. The third-order valence-electron chi connectivity index (χ3n) is 5.99. The van der Waals surface area contributed by atoms with Gasteiger partial charge in [-0.3, -0.25) is 0 Å². The lowest BCUT2D eigenvalue weighted by atomic mass is 10.0. The minimum atomic E-state index is -0.408. The summed E-state index contributed by atoms with van der Waals surface area (Å²) in [7, 11) is 0. The topological polar surface area (TPSA) is 93.1 Å². The molecule has 188 valence electrons. The van der Waals surface area contributed by atoms with Crippen LogP contribution in [0.5, 0.6) is 11.5 Å². The molecule has 0 saturated heterocycles. The van der Waals surface area contributed by atoms with E-state index in [0.29, 0.717) is 17.5 Å². The fourth-order valence-electron chi connectivity index (χ4n) is 3.73. The van der Waals surface area contributed by atoms with Crippen LogP contribution in [0.4, 0.5) is 0 Å². The molecule has 4 aromatic rings. The monoisotopic (exact) mass is 496 g/mol. The SMILES string of the molecule is CC(CCOC(=O)c1ccc(-c2ccc(O)cc2)cc1)COC(=O)c1ccc(-c2ccc(O)cc2)cc1. The normalized spacial score (nSPS) is 11.5. The molecule has 2 N–H and O–H groups in total. The zero-order valence-corrected chi connectivity index (χ0v) is 20.5. The summed E-state index contributed by atoms with van der Waals surface area (Å²) in [6.45, 7) is 2.37. The molecule has 0 aromatic heterocycles. The van der Waals surface area contributed by atoms with Crippen molar-refractivity contribution in [1.29, 1.82) is 0 Å². The predicted octanol–water partition coefficient (Wildman–Crippen LogP) is 6.47. The molecule has 0 amide bonds. The van der Waals surface area contributed by atoms with Crippen molar-refractivity contribution in [3.8, 4) is 33.8 Å². The van der Waals surface area contributed by atoms with E-state index in [1.165, 1.54) is 0 Å². The van der Waals surface area contributed by atoms with Crippen LogP contribution < -0.4 is 0 Å². The third kappa shape index (κ3) is 6.98. The average Bonchev–Trinajstić information content (AvgIpc) is 2.93. The van der Waals surface area contributed by atoms with E-state index < -0.39 is 11.9 Å². The first kappa shape index (κ1) is 25.5. The maximum absolute atomic E-state index is 12.4. The predicted molar refractivity (Wildman–Crippen MR) is 141 cm³/mol. The first-order chi connectivity index (χ1) is 17.9. The lowest BCUT2D eigenvalue weighted by molar-refractivity contribution is 0.0367. The Labute approximate surface area is 215 Å². The van der Waals surface area contributed by atoms with Crippen LogP contribution in [0, 0.1) is 5.92 Å². The van der Waals surface area contributed by atoms with Crippen molar-refractivity contribution in [1.82, 2.24) is 0 Å². The Balaban J connectivity index is 1.19. The molecule has 4 rings (SSSR count). The van der Waals surface area contributed by atoms with Gasteiger partial charge in [0, 0.05) is 0 Å². The summed E-state index contributed by atoms with van der Waals surface area (Å²) < 4.78 is 10.8. The number of aromatic hydroxyl groups is 2. The number of phenols is 2. The van der Waals surface area contributed by atoms with Crippen LogP contribution in [0.1, 0.15) is 34.1 Å². The summed E-state index contributed by atoms with van der Waals surface area (Å²) in [6.07, 6.45) is 0.560. The standard InChI is InChI=1S/C31H28O6/c1-21(20-37-31(35)27-8-4-23(5-9-27)25-12-16-29(33)17-13-25)18-19-36-30(34)26-6-2-22(3-7-26)24-10-14-28(32)15-11-24/h2-17,21,32-33H,18-20H2,1H3. The van der Waals surface area contributed by atoms with E-state index in [9.17, 15) is 19.8 Å². The molecule has 1 unspecified atom stereocenters. The number of hydrogen-bond donors (Lipinski definition) is 2. The molecule has 4 aromatic carbocycles. The number of benzene rings is 4. The molecule has 37 heavy (non-hydrogen) atoms. The van der Waals surface area contributed by atoms with Gasteiger partial charge in [-0.05, 0) is 83.1 Å². The van der Waals surface area contributed by atoms with Gasteiger partial charge in [-0.25, -0.2) is 9.59 Å². The van der Waals surface area contributed by atoms with E-state index in [1.807, 2.05) is 55.5 Å². The second-order valence-corrected chi connectivity index (χ2v) is 8.88. The molecular weight excluding hydrogens is 468 g/mol. The van der Waals surface area contributed by atoms with Gasteiger partial charge in [0.05, 0.1) is 24.3 Å². The fourth-order valence-corrected chi connectivity index (χ4v) is 3.73. The highest BCUT2D eigenvalue weighted by molar-refractivity contribution is 5.90. The van der Waals surface area contributed by atoms with Crippen molar-refractivity contribution >= 4 is 11.9 Å². The van der Waals surface area contributed by atoms with Gasteiger partial charge in [0.2, 0.25) is 0 Å². The lowest BCUT2D eigenvalue weighted by Crippen LogP contribution is -2.15. The van der Waals surface area contributed by atoms with Gasteiger partial charge in [0.15, 0.2) is 0 Å². The number of phenolic OH excluding ortho intramolecular Hbond substituents is 2. The molecule has 0 radical (unpaired) electrons. The van der Waals surface area contributed by atoms with Gasteiger partial charge < -0.3 is 19.7 Å². The molecule has 6 heteroatoms. The Hall–Kier alpha value is -4.58. The number of rotatable bonds is 9. The van der Waals surface area contributed by atoms with Crippen LogP contribution in [0.15, 0.2) is 97.1 Å². The molecule has 0 bridgehead atoms. The van der Waals surface area contributed by atoms with Crippen LogP contribution in [0.3, 0.4) is 0 Å². The molecular formula is C31H28O6. The molecule has 1 atom stereocenters. The van der Waals surface area contributed by atoms with Crippen LogP contribution in [-0.4, -0.2) is 35.4 Å². The smallest absolute Gasteiger partial charge is 0.338 e. The van der Waals surface area contributed by atoms with Crippen LogP contribution >= 0.6 is 0 Å². The molecule has 0 fully saturated rings. The Bertz CT molecular complexity index is 1320. The van der Waals surface area contributed by atoms with Crippen molar-refractivity contribution in [2.24, 2.45) is 5.92 Å². The average molecular weight is 497 g/mol. The molecule has 0 aliphatic carbocycles. The van der Waals surface area contributed by atoms with Gasteiger partial charge in [-0.15, -0.1) is 0 Å². The molecule has 0 spiro atoms. The Kier molecular flexibility index (Phi) is 8.21. The van der Waals surface area contributed by atoms with Gasteiger partial charge in [-0.1, -0.05) is 55.5 Å². The Morgan fingerprint density at radius 1 is 0.595 bits per heavy atom. The first-order valence-electron chi connectivity index (χ1n) is 12.0. The highest BCUT2D eigenvalue weighted by atomic mass is 16.5. The minimum absolute atomic E-state index is 0.0184. The van der Waals surface area contributed by atoms with Gasteiger partial charge in [0.25, 0.3) is 0 Å². The fraction of sp³-hybridized carbons (Fsp3) is 0.161. The Morgan fingerprint density at radius 2 is 0.946 bits per heavy atom. The second-order valence-electron chi connectivity index (χ2n) is 8.88. The van der Waals surface area contributed by atoms with Gasteiger partial charge in [0.1, 0.15) is 11.5 Å². The van der Waals surface area contributed by atoms with Crippen LogP contribution in [0.25, 0.3) is 22.3 Å².